The molecule has 0 saturated carbocycles. The van der Waals surface area contributed by atoms with Crippen molar-refractivity contribution in [1.29, 1.82) is 0 Å². The summed E-state index contributed by atoms with van der Waals surface area (Å²) in [7, 11) is 0. The van der Waals surface area contributed by atoms with Crippen molar-refractivity contribution in [2.45, 2.75) is 24.5 Å². The first-order valence-corrected chi connectivity index (χ1v) is 6.18. The van der Waals surface area contributed by atoms with Crippen LogP contribution in [0.4, 0.5) is 0 Å². The van der Waals surface area contributed by atoms with Gasteiger partial charge < -0.3 is 20.1 Å². The van der Waals surface area contributed by atoms with E-state index in [-0.39, 0.29) is 0 Å². The van der Waals surface area contributed by atoms with Gasteiger partial charge in [-0.05, 0) is 0 Å². The van der Waals surface area contributed by atoms with Crippen molar-refractivity contribution in [3.05, 3.63) is 38.6 Å². The van der Waals surface area contributed by atoms with Crippen LogP contribution in [0.1, 0.15) is 6.23 Å². The second-order valence-electron chi connectivity index (χ2n) is 4.22. The first-order chi connectivity index (χ1) is 9.51. The smallest absolute Gasteiger partial charge is 0.337 e. The summed E-state index contributed by atoms with van der Waals surface area (Å²) in [5.74, 6) is 0. The number of aromatic nitrogens is 2. The highest BCUT2D eigenvalue weighted by Crippen LogP contribution is 2.27. The van der Waals surface area contributed by atoms with Gasteiger partial charge in [-0.15, -0.1) is 0 Å². The second-order valence-corrected chi connectivity index (χ2v) is 4.47. The Morgan fingerprint density at radius 3 is 2.60 bits per heavy atom. The Kier molecular flexibility index (Phi) is 4.41. The van der Waals surface area contributed by atoms with Gasteiger partial charge in [0, 0.05) is 24.0 Å². The summed E-state index contributed by atoms with van der Waals surface area (Å²) < 4.78 is 6.89. The van der Waals surface area contributed by atoms with Crippen LogP contribution >= 0.6 is 11.6 Å². The van der Waals surface area contributed by atoms with Crippen LogP contribution in [0.25, 0.3) is 6.20 Å². The number of ether oxygens (including phenoxy) is 1. The largest absolute Gasteiger partial charge is 0.394 e. The van der Waals surface area contributed by atoms with Crippen LogP contribution in [0.3, 0.4) is 0 Å². The van der Waals surface area contributed by atoms with Crippen LogP contribution in [0.2, 0.25) is 0 Å². The molecule has 0 spiro atoms. The van der Waals surface area contributed by atoms with Crippen molar-refractivity contribution >= 4 is 17.8 Å². The van der Waals surface area contributed by atoms with Crippen LogP contribution in [-0.2, 0) is 4.74 Å². The summed E-state index contributed by atoms with van der Waals surface area (Å²) in [4.78, 5) is 23.6. The van der Waals surface area contributed by atoms with Gasteiger partial charge >= 0.3 is 5.69 Å². The number of halogens is 1. The van der Waals surface area contributed by atoms with Gasteiger partial charge in [0.05, 0.1) is 6.61 Å². The van der Waals surface area contributed by atoms with Crippen LogP contribution in [0, 0.1) is 0 Å². The van der Waals surface area contributed by atoms with Gasteiger partial charge in [-0.1, -0.05) is 11.6 Å². The summed E-state index contributed by atoms with van der Waals surface area (Å²) >= 11 is 5.35. The maximum Gasteiger partial charge on any atom is 0.337 e. The van der Waals surface area contributed by atoms with Gasteiger partial charge in [0.15, 0.2) is 6.23 Å². The molecule has 110 valence electrons. The lowest BCUT2D eigenvalue weighted by atomic mass is 10.1. The standard InChI is InChI=1S/C11H13ClN2O6/c12-2-4-13-7(16)1-3-14(11(13)19)10-9(18)8(17)6(5-15)20-10/h1-4,6,8-10,15,17-18H,5H2/t6-,8-,9+,10-/m1/s1. The summed E-state index contributed by atoms with van der Waals surface area (Å²) in [5.41, 5.74) is -0.399. The minimum atomic E-state index is -1.41. The van der Waals surface area contributed by atoms with E-state index in [4.69, 9.17) is 21.4 Å². The molecule has 0 aliphatic carbocycles. The number of aliphatic hydroxyl groups is 3. The predicted molar refractivity (Wildman–Crippen MR) is 69.2 cm³/mol. The minimum Gasteiger partial charge on any atom is -0.394 e. The van der Waals surface area contributed by atoms with Gasteiger partial charge in [-0.3, -0.25) is 9.36 Å². The first kappa shape index (κ1) is 14.9. The maximum absolute atomic E-state index is 12.1. The van der Waals surface area contributed by atoms with Crippen LogP contribution in [0.5, 0.6) is 0 Å². The molecule has 2 rings (SSSR count). The van der Waals surface area contributed by atoms with Crippen molar-refractivity contribution < 1.29 is 20.1 Å². The molecule has 1 aliphatic heterocycles. The Balaban J connectivity index is 2.47. The molecule has 1 aromatic heterocycles. The molecular weight excluding hydrogens is 292 g/mol. The predicted octanol–water partition coefficient (Wildman–Crippen LogP) is -1.71. The molecule has 3 N–H and O–H groups in total. The fourth-order valence-electron chi connectivity index (χ4n) is 2.00. The quantitative estimate of drug-likeness (QED) is 0.612. The molecule has 20 heavy (non-hydrogen) atoms. The maximum atomic E-state index is 12.1. The normalized spacial score (nSPS) is 30.2. The van der Waals surface area contributed by atoms with Crippen LogP contribution in [0.15, 0.2) is 27.4 Å². The van der Waals surface area contributed by atoms with Crippen molar-refractivity contribution in [3.63, 3.8) is 0 Å². The van der Waals surface area contributed by atoms with Gasteiger partial charge in [0.1, 0.15) is 18.3 Å². The SMILES string of the molecule is O=c1ccn([C@@H]2O[C@H](CO)[C@@H](O)[C@@H]2O)c(=O)n1C=CCl. The van der Waals surface area contributed by atoms with E-state index in [1.165, 1.54) is 0 Å². The van der Waals surface area contributed by atoms with Gasteiger partial charge in [-0.2, -0.15) is 0 Å². The van der Waals surface area contributed by atoms with E-state index in [1.54, 1.807) is 0 Å². The fourth-order valence-corrected chi connectivity index (χ4v) is 2.12. The highest BCUT2D eigenvalue weighted by Gasteiger charge is 2.43. The van der Waals surface area contributed by atoms with E-state index in [2.05, 4.69) is 0 Å². The van der Waals surface area contributed by atoms with Gasteiger partial charge in [0.25, 0.3) is 5.56 Å². The van der Waals surface area contributed by atoms with Crippen molar-refractivity contribution in [1.82, 2.24) is 9.13 Å². The lowest BCUT2D eigenvalue weighted by Gasteiger charge is -2.17. The molecule has 1 aliphatic rings. The Hall–Kier alpha value is -1.45. The zero-order valence-electron chi connectivity index (χ0n) is 10.2. The zero-order valence-corrected chi connectivity index (χ0v) is 10.9. The summed E-state index contributed by atoms with van der Waals surface area (Å²) in [6, 6.07) is 1.09. The molecular formula is C11H13ClN2O6. The summed E-state index contributed by atoms with van der Waals surface area (Å²) in [6.45, 7) is -0.509. The molecule has 1 aromatic rings. The molecule has 1 saturated heterocycles. The van der Waals surface area contributed by atoms with E-state index in [1.807, 2.05) is 0 Å². The monoisotopic (exact) mass is 304 g/mol. The zero-order chi connectivity index (χ0) is 14.9. The molecule has 0 radical (unpaired) electrons. The number of rotatable bonds is 3. The third kappa shape index (κ3) is 2.43. The Morgan fingerprint density at radius 2 is 2.05 bits per heavy atom. The number of nitrogens with zero attached hydrogens (tertiary/aromatic N) is 2. The minimum absolute atomic E-state index is 0.509. The number of hydrogen-bond donors (Lipinski definition) is 3. The topological polar surface area (TPSA) is 114 Å². The molecule has 0 aromatic carbocycles. The van der Waals surface area contributed by atoms with Crippen molar-refractivity contribution in [2.24, 2.45) is 0 Å². The highest BCUT2D eigenvalue weighted by molar-refractivity contribution is 6.26. The fraction of sp³-hybridized carbons (Fsp3) is 0.455. The first-order valence-electron chi connectivity index (χ1n) is 5.74. The van der Waals surface area contributed by atoms with Crippen LogP contribution in [-0.4, -0.2) is 49.4 Å². The second kappa shape index (κ2) is 5.90. The summed E-state index contributed by atoms with van der Waals surface area (Å²) in [6.07, 6.45) is -2.75. The van der Waals surface area contributed by atoms with Gasteiger partial charge in [-0.25, -0.2) is 9.36 Å². The average molecular weight is 305 g/mol. The van der Waals surface area contributed by atoms with E-state index < -0.39 is 42.4 Å². The third-order valence-corrected chi connectivity index (χ3v) is 3.15. The van der Waals surface area contributed by atoms with E-state index in [0.29, 0.717) is 0 Å². The van der Waals surface area contributed by atoms with Crippen molar-refractivity contribution in [3.8, 4) is 0 Å². The number of hydrogen-bond acceptors (Lipinski definition) is 6. The van der Waals surface area contributed by atoms with E-state index in [0.717, 1.165) is 33.1 Å². The molecule has 9 heteroatoms. The lowest BCUT2D eigenvalue weighted by molar-refractivity contribution is -0.0552. The molecule has 8 nitrogen and oxygen atoms in total. The highest BCUT2D eigenvalue weighted by atomic mass is 35.5. The van der Waals surface area contributed by atoms with E-state index in [9.17, 15) is 19.8 Å². The van der Waals surface area contributed by atoms with Crippen LogP contribution < -0.4 is 11.2 Å². The summed E-state index contributed by atoms with van der Waals surface area (Å²) in [5, 5.41) is 28.5. The molecule has 2 heterocycles. The van der Waals surface area contributed by atoms with E-state index >= 15 is 0 Å². The Bertz CT molecular complexity index is 624. The molecule has 0 amide bonds. The Labute approximate surface area is 117 Å². The molecule has 0 unspecified atom stereocenters. The third-order valence-electron chi connectivity index (χ3n) is 3.04. The Morgan fingerprint density at radius 1 is 1.35 bits per heavy atom. The van der Waals surface area contributed by atoms with Crippen molar-refractivity contribution in [2.75, 3.05) is 6.61 Å². The number of aliphatic hydroxyl groups excluding tert-OH is 3. The lowest BCUT2D eigenvalue weighted by Crippen LogP contribution is -2.41. The average Bonchev–Trinajstić information content (AvgIpc) is 2.71. The van der Waals surface area contributed by atoms with Gasteiger partial charge in [0.2, 0.25) is 0 Å². The molecule has 1 fully saturated rings. The molecule has 4 atom stereocenters. The molecule has 0 bridgehead atoms.